The molecule has 0 fully saturated rings. The van der Waals surface area contributed by atoms with E-state index in [0.29, 0.717) is 10.9 Å². The normalized spacial score (nSPS) is 10.3. The van der Waals surface area contributed by atoms with Crippen molar-refractivity contribution in [2.75, 3.05) is 17.7 Å². The van der Waals surface area contributed by atoms with Crippen molar-refractivity contribution in [1.82, 2.24) is 4.98 Å². The van der Waals surface area contributed by atoms with Crippen LogP contribution in [0.25, 0.3) is 0 Å². The van der Waals surface area contributed by atoms with Crippen LogP contribution < -0.4 is 15.8 Å². The van der Waals surface area contributed by atoms with Gasteiger partial charge in [0.15, 0.2) is 11.7 Å². The number of nitrogens with zero attached hydrogens (tertiary/aromatic N) is 1. The lowest BCUT2D eigenvalue weighted by Crippen LogP contribution is -2.20. The molecule has 1 heterocycles. The molecule has 0 aliphatic heterocycles. The van der Waals surface area contributed by atoms with Gasteiger partial charge in [0.2, 0.25) is 5.91 Å². The molecule has 0 saturated carbocycles. The summed E-state index contributed by atoms with van der Waals surface area (Å²) in [5.74, 6) is -0.615. The van der Waals surface area contributed by atoms with Crippen molar-refractivity contribution < 1.29 is 18.7 Å². The quantitative estimate of drug-likeness (QED) is 0.743. The maximum Gasteiger partial charge on any atom is 0.264 e. The summed E-state index contributed by atoms with van der Waals surface area (Å²) in [7, 11) is 0. The molecule has 1 aromatic heterocycles. The second-order valence-corrected chi connectivity index (χ2v) is 6.68. The third-order valence-electron chi connectivity index (χ3n) is 2.53. The van der Waals surface area contributed by atoms with Gasteiger partial charge in [0.1, 0.15) is 11.6 Å². The fourth-order valence-corrected chi connectivity index (χ4v) is 3.44. The van der Waals surface area contributed by atoms with Gasteiger partial charge in [-0.2, -0.15) is 0 Å². The van der Waals surface area contributed by atoms with E-state index >= 15 is 0 Å². The highest BCUT2D eigenvalue weighted by molar-refractivity contribution is 8.01. The number of ether oxygens (including phenoxy) is 1. The predicted molar refractivity (Wildman–Crippen MR) is 87.3 cm³/mol. The number of nitrogens with one attached hydrogen (secondary N) is 1. The van der Waals surface area contributed by atoms with Crippen LogP contribution in [0.4, 0.5) is 9.52 Å². The molecule has 9 heteroatoms. The lowest BCUT2D eigenvalue weighted by molar-refractivity contribution is -0.118. The highest BCUT2D eigenvalue weighted by atomic mass is 32.2. The highest BCUT2D eigenvalue weighted by Crippen LogP contribution is 2.31. The number of halogens is 1. The molecule has 122 valence electrons. The zero-order chi connectivity index (χ0) is 16.8. The Labute approximate surface area is 140 Å². The number of rotatable bonds is 7. The fourth-order valence-electron chi connectivity index (χ4n) is 1.54. The van der Waals surface area contributed by atoms with Crippen molar-refractivity contribution >= 4 is 40.0 Å². The first-order valence-corrected chi connectivity index (χ1v) is 8.31. The molecule has 6 nitrogen and oxygen atoms in total. The Balaban J connectivity index is 1.86. The SMILES string of the molecule is Cc1nc(NC(=O)COc2ccc(F)cc2)sc1SCC(N)=O. The zero-order valence-electron chi connectivity index (χ0n) is 12.2. The number of hydrogen-bond acceptors (Lipinski definition) is 6. The minimum absolute atomic E-state index is 0.157. The Kier molecular flexibility index (Phi) is 5.94. The molecule has 0 aliphatic carbocycles. The molecular formula is C14H14FN3O3S2. The molecule has 2 amide bonds. The van der Waals surface area contributed by atoms with Gasteiger partial charge in [0, 0.05) is 0 Å². The number of thiazole rings is 1. The molecule has 0 atom stereocenters. The Morgan fingerprint density at radius 2 is 2.09 bits per heavy atom. The monoisotopic (exact) mass is 355 g/mol. The van der Waals surface area contributed by atoms with Crippen molar-refractivity contribution in [3.63, 3.8) is 0 Å². The number of aryl methyl sites for hydroxylation is 1. The first-order valence-electron chi connectivity index (χ1n) is 6.51. The number of thioether (sulfide) groups is 1. The number of amides is 2. The number of aromatic nitrogens is 1. The first-order chi connectivity index (χ1) is 10.9. The van der Waals surface area contributed by atoms with E-state index in [9.17, 15) is 14.0 Å². The van der Waals surface area contributed by atoms with Gasteiger partial charge in [-0.3, -0.25) is 14.9 Å². The van der Waals surface area contributed by atoms with Crippen LogP contribution in [0.5, 0.6) is 5.75 Å². The second-order valence-electron chi connectivity index (χ2n) is 4.44. The van der Waals surface area contributed by atoms with E-state index < -0.39 is 5.91 Å². The number of carbonyl (C=O) groups is 2. The van der Waals surface area contributed by atoms with Gasteiger partial charge in [-0.05, 0) is 31.2 Å². The number of nitrogens with two attached hydrogens (primary N) is 1. The third kappa shape index (κ3) is 5.53. The number of carbonyl (C=O) groups excluding carboxylic acids is 2. The van der Waals surface area contributed by atoms with Gasteiger partial charge >= 0.3 is 0 Å². The van der Waals surface area contributed by atoms with Gasteiger partial charge in [0.05, 0.1) is 15.7 Å². The van der Waals surface area contributed by atoms with Crippen LogP contribution in [0.1, 0.15) is 5.69 Å². The van der Waals surface area contributed by atoms with Crippen LogP contribution >= 0.6 is 23.1 Å². The summed E-state index contributed by atoms with van der Waals surface area (Å²) in [6, 6.07) is 5.38. The van der Waals surface area contributed by atoms with E-state index in [-0.39, 0.29) is 24.1 Å². The van der Waals surface area contributed by atoms with Gasteiger partial charge in [-0.25, -0.2) is 9.37 Å². The largest absolute Gasteiger partial charge is 0.484 e. The smallest absolute Gasteiger partial charge is 0.264 e. The summed E-state index contributed by atoms with van der Waals surface area (Å²) in [4.78, 5) is 26.8. The predicted octanol–water partition coefficient (Wildman–Crippen LogP) is 2.19. The molecule has 0 unspecified atom stereocenters. The first kappa shape index (κ1) is 17.2. The third-order valence-corrected chi connectivity index (χ3v) is 4.99. The van der Waals surface area contributed by atoms with Crippen LogP contribution in [0.15, 0.2) is 28.5 Å². The van der Waals surface area contributed by atoms with Crippen molar-refractivity contribution in [2.45, 2.75) is 11.1 Å². The molecule has 0 spiro atoms. The summed E-state index contributed by atoms with van der Waals surface area (Å²) in [5, 5.41) is 3.03. The van der Waals surface area contributed by atoms with Gasteiger partial charge in [0.25, 0.3) is 5.91 Å². The number of hydrogen-bond donors (Lipinski definition) is 2. The minimum atomic E-state index is -0.416. The molecule has 1 aromatic carbocycles. The van der Waals surface area contributed by atoms with Gasteiger partial charge in [-0.1, -0.05) is 11.3 Å². The Morgan fingerprint density at radius 1 is 1.39 bits per heavy atom. The number of benzene rings is 1. The molecule has 3 N–H and O–H groups in total. The van der Waals surface area contributed by atoms with Crippen molar-refractivity contribution in [3.05, 3.63) is 35.8 Å². The minimum Gasteiger partial charge on any atom is -0.484 e. The maximum absolute atomic E-state index is 12.8. The molecule has 0 bridgehead atoms. The zero-order valence-corrected chi connectivity index (χ0v) is 13.8. The van der Waals surface area contributed by atoms with Gasteiger partial charge < -0.3 is 10.5 Å². The molecule has 2 aromatic rings. The second kappa shape index (κ2) is 7.93. The average molecular weight is 355 g/mol. The Bertz CT molecular complexity index is 704. The molecule has 2 rings (SSSR count). The Morgan fingerprint density at radius 3 is 2.74 bits per heavy atom. The Hall–Kier alpha value is -2.13. The standard InChI is InChI=1S/C14H14FN3O3S2/c1-8-13(22-7-11(16)19)23-14(17-8)18-12(20)6-21-10-4-2-9(15)3-5-10/h2-5H,6-7H2,1H3,(H2,16,19)(H,17,18,20). The molecule has 0 radical (unpaired) electrons. The highest BCUT2D eigenvalue weighted by Gasteiger charge is 2.12. The van der Waals surface area contributed by atoms with E-state index in [1.54, 1.807) is 6.92 Å². The van der Waals surface area contributed by atoms with Crippen LogP contribution in [0.3, 0.4) is 0 Å². The molecular weight excluding hydrogens is 341 g/mol. The van der Waals surface area contributed by atoms with Crippen LogP contribution in [0.2, 0.25) is 0 Å². The van der Waals surface area contributed by atoms with Crippen molar-refractivity contribution in [2.24, 2.45) is 5.73 Å². The maximum atomic E-state index is 12.8. The summed E-state index contributed by atoms with van der Waals surface area (Å²) in [6.45, 7) is 1.57. The van der Waals surface area contributed by atoms with Crippen molar-refractivity contribution in [1.29, 1.82) is 0 Å². The topological polar surface area (TPSA) is 94.3 Å². The molecule has 0 saturated heterocycles. The average Bonchev–Trinajstić information content (AvgIpc) is 2.84. The van der Waals surface area contributed by atoms with Gasteiger partial charge in [-0.15, -0.1) is 11.8 Å². The van der Waals surface area contributed by atoms with E-state index in [2.05, 4.69) is 10.3 Å². The molecule has 23 heavy (non-hydrogen) atoms. The number of anilines is 1. The van der Waals surface area contributed by atoms with Crippen molar-refractivity contribution in [3.8, 4) is 5.75 Å². The lowest BCUT2D eigenvalue weighted by atomic mass is 10.3. The van der Waals surface area contributed by atoms with Crippen LogP contribution in [0, 0.1) is 12.7 Å². The van der Waals surface area contributed by atoms with Crippen LogP contribution in [-0.4, -0.2) is 29.2 Å². The summed E-state index contributed by atoms with van der Waals surface area (Å²) in [5.41, 5.74) is 5.82. The van der Waals surface area contributed by atoms with E-state index in [1.165, 1.54) is 47.4 Å². The fraction of sp³-hybridized carbons (Fsp3) is 0.214. The van der Waals surface area contributed by atoms with Crippen LogP contribution in [-0.2, 0) is 9.59 Å². The van der Waals surface area contributed by atoms with E-state index in [4.69, 9.17) is 10.5 Å². The summed E-state index contributed by atoms with van der Waals surface area (Å²) in [6.07, 6.45) is 0. The van der Waals surface area contributed by atoms with E-state index in [1.807, 2.05) is 0 Å². The van der Waals surface area contributed by atoms with E-state index in [0.717, 1.165) is 9.90 Å². The summed E-state index contributed by atoms with van der Waals surface area (Å²) < 4.78 is 18.8. The summed E-state index contributed by atoms with van der Waals surface area (Å²) >= 11 is 2.54. The number of primary amides is 1. The molecule has 0 aliphatic rings. The lowest BCUT2D eigenvalue weighted by Gasteiger charge is -2.05.